The van der Waals surface area contributed by atoms with E-state index in [2.05, 4.69) is 31.3 Å². The van der Waals surface area contributed by atoms with Gasteiger partial charge >= 0.3 is 0 Å². The van der Waals surface area contributed by atoms with Crippen molar-refractivity contribution in [3.8, 4) is 11.5 Å². The first-order valence-electron chi connectivity index (χ1n) is 7.62. The Morgan fingerprint density at radius 3 is 2.38 bits per heavy atom. The molecule has 2 N–H and O–H groups in total. The van der Waals surface area contributed by atoms with Crippen molar-refractivity contribution in [1.29, 1.82) is 0 Å². The van der Waals surface area contributed by atoms with Gasteiger partial charge in [0.1, 0.15) is 11.5 Å². The second-order valence-electron chi connectivity index (χ2n) is 6.45. The Labute approximate surface area is 142 Å². The number of carbonyl (C=O) groups is 1. The van der Waals surface area contributed by atoms with E-state index in [1.54, 1.807) is 24.3 Å². The summed E-state index contributed by atoms with van der Waals surface area (Å²) in [7, 11) is 1.52. The molecule has 0 saturated carbocycles. The number of hydrogen-bond acceptors (Lipinski definition) is 4. The highest BCUT2D eigenvalue weighted by Gasteiger charge is 2.14. The predicted molar refractivity (Wildman–Crippen MR) is 94.9 cm³/mol. The van der Waals surface area contributed by atoms with Gasteiger partial charge in [0.15, 0.2) is 0 Å². The van der Waals surface area contributed by atoms with Crippen molar-refractivity contribution in [2.24, 2.45) is 5.10 Å². The number of phenolic OH excluding ortho intramolecular Hbond substituents is 1. The minimum Gasteiger partial charge on any atom is -0.507 e. The number of phenols is 1. The fourth-order valence-electron chi connectivity index (χ4n) is 2.11. The van der Waals surface area contributed by atoms with Crippen molar-refractivity contribution in [1.82, 2.24) is 5.43 Å². The molecule has 0 atom stereocenters. The Kier molecular flexibility index (Phi) is 5.24. The Balaban J connectivity index is 2.02. The number of ether oxygens (including phenoxy) is 1. The van der Waals surface area contributed by atoms with Crippen LogP contribution in [0.2, 0.25) is 0 Å². The topological polar surface area (TPSA) is 70.9 Å². The minimum atomic E-state index is -0.306. The molecule has 0 aliphatic carbocycles. The highest BCUT2D eigenvalue weighted by molar-refractivity contribution is 5.95. The minimum absolute atomic E-state index is 0.0295. The fraction of sp³-hybridized carbons (Fsp3) is 0.263. The Hall–Kier alpha value is -2.82. The number of hydrazone groups is 1. The molecule has 0 spiro atoms. The molecule has 0 heterocycles. The third-order valence-electron chi connectivity index (χ3n) is 3.62. The molecule has 0 fully saturated rings. The standard InChI is InChI=1S/C19H22N2O3/c1-19(2,3)15-8-5-13(6-9-15)18(23)21-20-12-14-7-10-16(24-4)11-17(14)22/h5-12,22H,1-4H3,(H,21,23)/b20-12-. The van der Waals surface area contributed by atoms with E-state index in [1.165, 1.54) is 19.4 Å². The molecule has 0 aliphatic heterocycles. The van der Waals surface area contributed by atoms with Gasteiger partial charge in [-0.3, -0.25) is 4.79 Å². The van der Waals surface area contributed by atoms with Crippen LogP contribution in [0.3, 0.4) is 0 Å². The van der Waals surface area contributed by atoms with Crippen molar-refractivity contribution in [2.75, 3.05) is 7.11 Å². The molecule has 24 heavy (non-hydrogen) atoms. The summed E-state index contributed by atoms with van der Waals surface area (Å²) < 4.78 is 5.01. The number of nitrogens with one attached hydrogen (secondary N) is 1. The van der Waals surface area contributed by atoms with E-state index < -0.39 is 0 Å². The lowest BCUT2D eigenvalue weighted by atomic mass is 9.87. The first kappa shape index (κ1) is 17.5. The largest absolute Gasteiger partial charge is 0.507 e. The lowest BCUT2D eigenvalue weighted by molar-refractivity contribution is 0.0955. The summed E-state index contributed by atoms with van der Waals surface area (Å²) in [5.74, 6) is 0.272. The molecular formula is C19H22N2O3. The molecule has 126 valence electrons. The number of rotatable bonds is 4. The van der Waals surface area contributed by atoms with Crippen LogP contribution in [0.25, 0.3) is 0 Å². The Morgan fingerprint density at radius 2 is 1.83 bits per heavy atom. The van der Waals surface area contributed by atoms with E-state index in [-0.39, 0.29) is 17.1 Å². The number of amides is 1. The average Bonchev–Trinajstić information content (AvgIpc) is 2.55. The first-order chi connectivity index (χ1) is 11.3. The molecule has 2 aromatic carbocycles. The molecular weight excluding hydrogens is 304 g/mol. The van der Waals surface area contributed by atoms with E-state index in [0.29, 0.717) is 16.9 Å². The number of methoxy groups -OCH3 is 1. The predicted octanol–water partition coefficient (Wildman–Crippen LogP) is 3.46. The second kappa shape index (κ2) is 7.17. The zero-order valence-corrected chi connectivity index (χ0v) is 14.3. The van der Waals surface area contributed by atoms with E-state index in [4.69, 9.17) is 4.74 Å². The van der Waals surface area contributed by atoms with Crippen molar-refractivity contribution in [3.63, 3.8) is 0 Å². The van der Waals surface area contributed by atoms with E-state index >= 15 is 0 Å². The molecule has 1 amide bonds. The highest BCUT2D eigenvalue weighted by atomic mass is 16.5. The van der Waals surface area contributed by atoms with Crippen molar-refractivity contribution >= 4 is 12.1 Å². The molecule has 0 unspecified atom stereocenters. The average molecular weight is 326 g/mol. The van der Waals surface area contributed by atoms with Crippen LogP contribution in [0.4, 0.5) is 0 Å². The van der Waals surface area contributed by atoms with Gasteiger partial charge in [0.25, 0.3) is 5.91 Å². The van der Waals surface area contributed by atoms with Gasteiger partial charge in [-0.05, 0) is 35.2 Å². The number of aromatic hydroxyl groups is 1. The monoisotopic (exact) mass is 326 g/mol. The SMILES string of the molecule is COc1ccc(/C=N\NC(=O)c2ccc(C(C)(C)C)cc2)c(O)c1. The lowest BCUT2D eigenvalue weighted by Crippen LogP contribution is -2.18. The van der Waals surface area contributed by atoms with Gasteiger partial charge < -0.3 is 9.84 Å². The molecule has 0 bridgehead atoms. The quantitative estimate of drug-likeness (QED) is 0.667. The molecule has 2 rings (SSSR count). The van der Waals surface area contributed by atoms with Crippen molar-refractivity contribution in [2.45, 2.75) is 26.2 Å². The summed E-state index contributed by atoms with van der Waals surface area (Å²) in [6.07, 6.45) is 1.39. The van der Waals surface area contributed by atoms with Crippen LogP contribution in [0, 0.1) is 0 Å². The van der Waals surface area contributed by atoms with Crippen molar-refractivity contribution in [3.05, 3.63) is 59.2 Å². The van der Waals surface area contributed by atoms with Gasteiger partial charge in [0.2, 0.25) is 0 Å². The van der Waals surface area contributed by atoms with Gasteiger partial charge in [-0.2, -0.15) is 5.10 Å². The van der Waals surface area contributed by atoms with E-state index in [1.807, 2.05) is 12.1 Å². The van der Waals surface area contributed by atoms with Gasteiger partial charge in [0.05, 0.1) is 13.3 Å². The maximum Gasteiger partial charge on any atom is 0.271 e. The van der Waals surface area contributed by atoms with Crippen LogP contribution in [0.1, 0.15) is 42.3 Å². The third kappa shape index (κ3) is 4.35. The Morgan fingerprint density at radius 1 is 1.17 bits per heavy atom. The number of benzene rings is 2. The molecule has 5 heteroatoms. The highest BCUT2D eigenvalue weighted by Crippen LogP contribution is 2.23. The zero-order chi connectivity index (χ0) is 17.7. The summed E-state index contributed by atoms with van der Waals surface area (Å²) in [6, 6.07) is 12.3. The molecule has 0 radical (unpaired) electrons. The van der Waals surface area contributed by atoms with Gasteiger partial charge in [-0.1, -0.05) is 32.9 Å². The van der Waals surface area contributed by atoms with Crippen LogP contribution in [0.5, 0.6) is 11.5 Å². The smallest absolute Gasteiger partial charge is 0.271 e. The number of nitrogens with zero attached hydrogens (tertiary/aromatic N) is 1. The Bertz CT molecular complexity index is 744. The second-order valence-corrected chi connectivity index (χ2v) is 6.45. The molecule has 5 nitrogen and oxygen atoms in total. The summed E-state index contributed by atoms with van der Waals surface area (Å²) in [5, 5.41) is 13.7. The fourth-order valence-corrected chi connectivity index (χ4v) is 2.11. The molecule has 2 aromatic rings. The van der Waals surface area contributed by atoms with Crippen LogP contribution in [-0.2, 0) is 5.41 Å². The maximum absolute atomic E-state index is 12.1. The van der Waals surface area contributed by atoms with E-state index in [9.17, 15) is 9.90 Å². The maximum atomic E-state index is 12.1. The van der Waals surface area contributed by atoms with Crippen LogP contribution in [-0.4, -0.2) is 24.3 Å². The van der Waals surface area contributed by atoms with Crippen molar-refractivity contribution < 1.29 is 14.6 Å². The third-order valence-corrected chi connectivity index (χ3v) is 3.62. The number of hydrogen-bond donors (Lipinski definition) is 2. The molecule has 0 saturated heterocycles. The van der Waals surface area contributed by atoms with Crippen LogP contribution < -0.4 is 10.2 Å². The summed E-state index contributed by atoms with van der Waals surface area (Å²) >= 11 is 0. The first-order valence-corrected chi connectivity index (χ1v) is 7.62. The van der Waals surface area contributed by atoms with Crippen LogP contribution in [0.15, 0.2) is 47.6 Å². The lowest BCUT2D eigenvalue weighted by Gasteiger charge is -2.18. The van der Waals surface area contributed by atoms with Crippen LogP contribution >= 0.6 is 0 Å². The zero-order valence-electron chi connectivity index (χ0n) is 14.3. The van der Waals surface area contributed by atoms with Gasteiger partial charge in [0, 0.05) is 17.2 Å². The van der Waals surface area contributed by atoms with E-state index in [0.717, 1.165) is 5.56 Å². The summed E-state index contributed by atoms with van der Waals surface area (Å²) in [5.41, 5.74) is 4.66. The molecule has 0 aliphatic rings. The van der Waals surface area contributed by atoms with Gasteiger partial charge in [-0.15, -0.1) is 0 Å². The summed E-state index contributed by atoms with van der Waals surface area (Å²) in [4.78, 5) is 12.1. The molecule has 0 aromatic heterocycles. The van der Waals surface area contributed by atoms with Gasteiger partial charge in [-0.25, -0.2) is 5.43 Å². The summed E-state index contributed by atoms with van der Waals surface area (Å²) in [6.45, 7) is 6.36. The normalized spacial score (nSPS) is 11.5. The number of carbonyl (C=O) groups excluding carboxylic acids is 1.